The van der Waals surface area contributed by atoms with Gasteiger partial charge in [-0.25, -0.2) is 0 Å². The number of nitrogens with one attached hydrogen (secondary N) is 1. The van der Waals surface area contributed by atoms with Gasteiger partial charge in [0.25, 0.3) is 0 Å². The Bertz CT molecular complexity index is 240. The maximum absolute atomic E-state index is 5.75. The van der Waals surface area contributed by atoms with Gasteiger partial charge in [0.2, 0.25) is 0 Å². The summed E-state index contributed by atoms with van der Waals surface area (Å²) in [5, 5.41) is 0. The molecule has 0 fully saturated rings. The van der Waals surface area contributed by atoms with E-state index in [1.807, 2.05) is 6.20 Å². The van der Waals surface area contributed by atoms with Gasteiger partial charge in [-0.3, -0.25) is 0 Å². The number of nitrogens with two attached hydrogens (primary N) is 1. The lowest BCUT2D eigenvalue weighted by molar-refractivity contribution is 0.608. The Labute approximate surface area is 86.9 Å². The molecule has 2 nitrogen and oxygen atoms in total. The second-order valence-corrected chi connectivity index (χ2v) is 3.93. The highest BCUT2D eigenvalue weighted by Gasteiger charge is 1.98. The van der Waals surface area contributed by atoms with Crippen molar-refractivity contribution in [3.05, 3.63) is 17.8 Å². The van der Waals surface area contributed by atoms with E-state index in [0.717, 1.165) is 12.2 Å². The fourth-order valence-corrected chi connectivity index (χ4v) is 1.73. The molecule has 1 aromatic rings. The average Bonchev–Trinajstić information content (AvgIpc) is 2.58. The molecule has 0 saturated carbocycles. The van der Waals surface area contributed by atoms with Crippen LogP contribution in [0.3, 0.4) is 0 Å². The van der Waals surface area contributed by atoms with E-state index in [1.54, 1.807) is 0 Å². The normalized spacial score (nSPS) is 10.6. The Kier molecular flexibility index (Phi) is 5.20. The van der Waals surface area contributed by atoms with Crippen molar-refractivity contribution in [1.29, 1.82) is 0 Å². The summed E-state index contributed by atoms with van der Waals surface area (Å²) in [6.45, 7) is 2.25. The first-order valence-corrected chi connectivity index (χ1v) is 5.76. The van der Waals surface area contributed by atoms with Crippen molar-refractivity contribution in [2.45, 2.75) is 51.9 Å². The van der Waals surface area contributed by atoms with E-state index in [2.05, 4.69) is 18.0 Å². The summed E-state index contributed by atoms with van der Waals surface area (Å²) in [5.74, 6) is 0.846. The molecular formula is C12H22N2. The maximum Gasteiger partial charge on any atom is 0.103 e. The fraction of sp³-hybridized carbons (Fsp3) is 0.667. The number of rotatable bonds is 7. The molecule has 0 aliphatic rings. The highest BCUT2D eigenvalue weighted by atomic mass is 14.8. The van der Waals surface area contributed by atoms with E-state index < -0.39 is 0 Å². The van der Waals surface area contributed by atoms with Gasteiger partial charge in [0.1, 0.15) is 5.82 Å². The summed E-state index contributed by atoms with van der Waals surface area (Å²) in [6, 6.07) is 2.08. The van der Waals surface area contributed by atoms with Crippen LogP contribution >= 0.6 is 0 Å². The predicted octanol–water partition coefficient (Wildman–Crippen LogP) is 3.50. The molecule has 0 bridgehead atoms. The van der Waals surface area contributed by atoms with Crippen LogP contribution in [0.5, 0.6) is 0 Å². The van der Waals surface area contributed by atoms with E-state index in [-0.39, 0.29) is 0 Å². The first-order chi connectivity index (χ1) is 6.84. The van der Waals surface area contributed by atoms with Gasteiger partial charge in [0.05, 0.1) is 0 Å². The summed E-state index contributed by atoms with van der Waals surface area (Å²) >= 11 is 0. The number of hydrogen-bond donors (Lipinski definition) is 2. The molecule has 1 aromatic heterocycles. The molecule has 0 unspecified atom stereocenters. The van der Waals surface area contributed by atoms with Crippen LogP contribution in [0, 0.1) is 0 Å². The van der Waals surface area contributed by atoms with Gasteiger partial charge < -0.3 is 10.7 Å². The predicted molar refractivity (Wildman–Crippen MR) is 62.3 cm³/mol. The smallest absolute Gasteiger partial charge is 0.103 e. The molecule has 0 aliphatic heterocycles. The second-order valence-electron chi connectivity index (χ2n) is 3.93. The number of hydrogen-bond acceptors (Lipinski definition) is 1. The van der Waals surface area contributed by atoms with Crippen LogP contribution in [0.15, 0.2) is 12.3 Å². The van der Waals surface area contributed by atoms with E-state index in [1.165, 1.54) is 44.1 Å². The fourth-order valence-electron chi connectivity index (χ4n) is 1.73. The number of H-pyrrole nitrogens is 1. The Balaban J connectivity index is 2.02. The highest BCUT2D eigenvalue weighted by Crippen LogP contribution is 2.13. The van der Waals surface area contributed by atoms with Crippen LogP contribution in [-0.2, 0) is 6.42 Å². The molecule has 0 atom stereocenters. The van der Waals surface area contributed by atoms with Crippen molar-refractivity contribution in [3.8, 4) is 0 Å². The van der Waals surface area contributed by atoms with Crippen molar-refractivity contribution in [3.63, 3.8) is 0 Å². The van der Waals surface area contributed by atoms with Gasteiger partial charge in [0.15, 0.2) is 0 Å². The van der Waals surface area contributed by atoms with E-state index in [4.69, 9.17) is 5.73 Å². The monoisotopic (exact) mass is 194 g/mol. The standard InChI is InChI=1S/C12H22N2/c1-2-3-4-5-6-7-8-11-9-10-14-12(11)13/h9-10,14H,2-8,13H2,1H3. The third kappa shape index (κ3) is 3.86. The van der Waals surface area contributed by atoms with Crippen molar-refractivity contribution in [2.24, 2.45) is 0 Å². The van der Waals surface area contributed by atoms with Gasteiger partial charge in [-0.05, 0) is 24.5 Å². The lowest BCUT2D eigenvalue weighted by atomic mass is 10.1. The Hall–Kier alpha value is -0.920. The zero-order chi connectivity index (χ0) is 10.2. The van der Waals surface area contributed by atoms with Crippen molar-refractivity contribution >= 4 is 5.82 Å². The second kappa shape index (κ2) is 6.52. The number of aromatic nitrogens is 1. The average molecular weight is 194 g/mol. The Morgan fingerprint density at radius 1 is 1.14 bits per heavy atom. The molecule has 0 radical (unpaired) electrons. The molecule has 1 rings (SSSR count). The zero-order valence-electron chi connectivity index (χ0n) is 9.18. The minimum atomic E-state index is 0.846. The number of aromatic amines is 1. The molecule has 3 N–H and O–H groups in total. The molecule has 0 aromatic carbocycles. The zero-order valence-corrected chi connectivity index (χ0v) is 9.18. The Morgan fingerprint density at radius 2 is 1.86 bits per heavy atom. The molecule has 0 spiro atoms. The van der Waals surface area contributed by atoms with Crippen LogP contribution < -0.4 is 5.73 Å². The highest BCUT2D eigenvalue weighted by molar-refractivity contribution is 5.39. The van der Waals surface area contributed by atoms with Crippen LogP contribution in [0.1, 0.15) is 51.0 Å². The van der Waals surface area contributed by atoms with E-state index >= 15 is 0 Å². The summed E-state index contributed by atoms with van der Waals surface area (Å²) in [4.78, 5) is 3.01. The lowest BCUT2D eigenvalue weighted by Gasteiger charge is -2.00. The van der Waals surface area contributed by atoms with Gasteiger partial charge >= 0.3 is 0 Å². The first kappa shape index (κ1) is 11.2. The van der Waals surface area contributed by atoms with Crippen LogP contribution in [0.2, 0.25) is 0 Å². The molecule has 0 aliphatic carbocycles. The molecule has 2 heteroatoms. The summed E-state index contributed by atoms with van der Waals surface area (Å²) in [7, 11) is 0. The maximum atomic E-state index is 5.75. The van der Waals surface area contributed by atoms with Crippen LogP contribution in [0.4, 0.5) is 5.82 Å². The van der Waals surface area contributed by atoms with Crippen molar-refractivity contribution in [2.75, 3.05) is 5.73 Å². The summed E-state index contributed by atoms with van der Waals surface area (Å²) in [6.07, 6.45) is 11.1. The summed E-state index contributed by atoms with van der Waals surface area (Å²) in [5.41, 5.74) is 7.03. The van der Waals surface area contributed by atoms with E-state index in [9.17, 15) is 0 Å². The SMILES string of the molecule is CCCCCCCCc1cc[nH]c1N. The van der Waals surface area contributed by atoms with Gasteiger partial charge in [-0.2, -0.15) is 0 Å². The quantitative estimate of drug-likeness (QED) is 0.641. The van der Waals surface area contributed by atoms with E-state index in [0.29, 0.717) is 0 Å². The minimum absolute atomic E-state index is 0.846. The molecule has 0 saturated heterocycles. The van der Waals surface area contributed by atoms with Crippen LogP contribution in [0.25, 0.3) is 0 Å². The van der Waals surface area contributed by atoms with Gasteiger partial charge in [0, 0.05) is 6.20 Å². The lowest BCUT2D eigenvalue weighted by Crippen LogP contribution is -1.91. The van der Waals surface area contributed by atoms with Gasteiger partial charge in [-0.15, -0.1) is 0 Å². The van der Waals surface area contributed by atoms with Gasteiger partial charge in [-0.1, -0.05) is 39.0 Å². The molecule has 80 valence electrons. The third-order valence-electron chi connectivity index (χ3n) is 2.67. The van der Waals surface area contributed by atoms with Crippen LogP contribution in [-0.4, -0.2) is 4.98 Å². The van der Waals surface area contributed by atoms with Crippen molar-refractivity contribution < 1.29 is 0 Å². The Morgan fingerprint density at radius 3 is 2.50 bits per heavy atom. The molecule has 1 heterocycles. The minimum Gasteiger partial charge on any atom is -0.385 e. The number of aryl methyl sites for hydroxylation is 1. The number of unbranched alkanes of at least 4 members (excludes halogenated alkanes) is 5. The summed E-state index contributed by atoms with van der Waals surface area (Å²) < 4.78 is 0. The topological polar surface area (TPSA) is 41.8 Å². The molecular weight excluding hydrogens is 172 g/mol. The largest absolute Gasteiger partial charge is 0.385 e. The number of nitrogen functional groups attached to an aromatic ring is 1. The first-order valence-electron chi connectivity index (χ1n) is 5.76. The molecule has 0 amide bonds. The molecule has 14 heavy (non-hydrogen) atoms. The number of anilines is 1. The van der Waals surface area contributed by atoms with Crippen molar-refractivity contribution in [1.82, 2.24) is 4.98 Å². The third-order valence-corrected chi connectivity index (χ3v) is 2.67.